The fourth-order valence-corrected chi connectivity index (χ4v) is 4.18. The summed E-state index contributed by atoms with van der Waals surface area (Å²) in [5, 5.41) is 5.64. The summed E-state index contributed by atoms with van der Waals surface area (Å²) in [4.78, 5) is 25.9. The second-order valence-electron chi connectivity index (χ2n) is 7.20. The first-order chi connectivity index (χ1) is 16.4. The third-order valence-electron chi connectivity index (χ3n) is 4.74. The van der Waals surface area contributed by atoms with Crippen LogP contribution in [0.1, 0.15) is 12.5 Å². The third kappa shape index (κ3) is 7.04. The lowest BCUT2D eigenvalue weighted by atomic mass is 10.2. The van der Waals surface area contributed by atoms with E-state index in [1.165, 1.54) is 32.1 Å². The molecular formula is C26H25ClN2O4S. The zero-order chi connectivity index (χ0) is 24.5. The molecule has 0 saturated heterocycles. The van der Waals surface area contributed by atoms with Gasteiger partial charge in [0, 0.05) is 22.7 Å². The van der Waals surface area contributed by atoms with E-state index >= 15 is 0 Å². The van der Waals surface area contributed by atoms with Gasteiger partial charge in [-0.1, -0.05) is 48.0 Å². The van der Waals surface area contributed by atoms with E-state index in [0.29, 0.717) is 27.9 Å². The maximum atomic E-state index is 12.8. The summed E-state index contributed by atoms with van der Waals surface area (Å²) in [7, 11) is 3.01. The molecule has 2 amide bonds. The van der Waals surface area contributed by atoms with Crippen molar-refractivity contribution in [1.29, 1.82) is 0 Å². The molecule has 1 atom stereocenters. The minimum atomic E-state index is -0.422. The molecule has 2 N–H and O–H groups in total. The van der Waals surface area contributed by atoms with Crippen LogP contribution in [0, 0.1) is 0 Å². The Morgan fingerprint density at radius 3 is 2.38 bits per heavy atom. The molecule has 0 saturated carbocycles. The lowest BCUT2D eigenvalue weighted by Crippen LogP contribution is -2.22. The van der Waals surface area contributed by atoms with Gasteiger partial charge in [-0.05, 0) is 42.8 Å². The Kier molecular flexibility index (Phi) is 9.01. The van der Waals surface area contributed by atoms with Crippen molar-refractivity contribution in [2.24, 2.45) is 0 Å². The molecule has 0 spiro atoms. The maximum absolute atomic E-state index is 12.8. The molecule has 0 bridgehead atoms. The van der Waals surface area contributed by atoms with Crippen molar-refractivity contribution in [2.45, 2.75) is 17.1 Å². The number of carbonyl (C=O) groups is 2. The summed E-state index contributed by atoms with van der Waals surface area (Å²) in [6.45, 7) is 1.80. The van der Waals surface area contributed by atoms with Gasteiger partial charge in [0.15, 0.2) is 0 Å². The number of nitrogens with one attached hydrogen (secondary N) is 2. The van der Waals surface area contributed by atoms with E-state index in [0.717, 1.165) is 10.5 Å². The Morgan fingerprint density at radius 2 is 1.68 bits per heavy atom. The van der Waals surface area contributed by atoms with Crippen molar-refractivity contribution in [3.8, 4) is 11.5 Å². The molecule has 0 aliphatic rings. The summed E-state index contributed by atoms with van der Waals surface area (Å²) in [6, 6.07) is 20.1. The van der Waals surface area contributed by atoms with E-state index < -0.39 is 5.25 Å². The Hall–Kier alpha value is -3.42. The van der Waals surface area contributed by atoms with Gasteiger partial charge in [0.05, 0.1) is 30.2 Å². The second kappa shape index (κ2) is 12.2. The fourth-order valence-electron chi connectivity index (χ4n) is 3.02. The van der Waals surface area contributed by atoms with E-state index in [1.54, 1.807) is 31.2 Å². The first-order valence-electron chi connectivity index (χ1n) is 10.4. The highest BCUT2D eigenvalue weighted by atomic mass is 35.5. The molecule has 1 unspecified atom stereocenters. The average molecular weight is 497 g/mol. The lowest BCUT2D eigenvalue weighted by Gasteiger charge is -2.16. The van der Waals surface area contributed by atoms with Crippen molar-refractivity contribution in [3.63, 3.8) is 0 Å². The van der Waals surface area contributed by atoms with Gasteiger partial charge in [-0.15, -0.1) is 11.8 Å². The van der Waals surface area contributed by atoms with Crippen molar-refractivity contribution in [1.82, 2.24) is 0 Å². The number of halogens is 1. The smallest absolute Gasteiger partial charge is 0.248 e. The van der Waals surface area contributed by atoms with Gasteiger partial charge in [0.2, 0.25) is 11.8 Å². The monoisotopic (exact) mass is 496 g/mol. The molecule has 0 aliphatic carbocycles. The van der Waals surface area contributed by atoms with Gasteiger partial charge in [-0.3, -0.25) is 9.59 Å². The van der Waals surface area contributed by atoms with Crippen molar-refractivity contribution in [3.05, 3.63) is 83.4 Å². The van der Waals surface area contributed by atoms with Gasteiger partial charge in [0.1, 0.15) is 11.5 Å². The first kappa shape index (κ1) is 25.2. The first-order valence-corrected chi connectivity index (χ1v) is 11.7. The van der Waals surface area contributed by atoms with E-state index in [-0.39, 0.29) is 11.8 Å². The molecule has 0 aromatic heterocycles. The Morgan fingerprint density at radius 1 is 0.941 bits per heavy atom. The molecule has 0 radical (unpaired) electrons. The van der Waals surface area contributed by atoms with Crippen molar-refractivity contribution >= 4 is 52.6 Å². The number of amides is 2. The van der Waals surface area contributed by atoms with Gasteiger partial charge in [-0.2, -0.15) is 0 Å². The minimum Gasteiger partial charge on any atom is -0.495 e. The summed E-state index contributed by atoms with van der Waals surface area (Å²) in [6.07, 6.45) is 3.23. The van der Waals surface area contributed by atoms with E-state index in [1.807, 2.05) is 48.5 Å². The number of carbonyl (C=O) groups excluding carboxylic acids is 2. The summed E-state index contributed by atoms with van der Waals surface area (Å²) < 4.78 is 10.5. The van der Waals surface area contributed by atoms with Gasteiger partial charge >= 0.3 is 0 Å². The van der Waals surface area contributed by atoms with Crippen LogP contribution in [0.15, 0.2) is 77.7 Å². The van der Waals surface area contributed by atoms with Crippen LogP contribution in [0.25, 0.3) is 6.08 Å². The Bertz CT molecular complexity index is 1180. The van der Waals surface area contributed by atoms with Crippen LogP contribution in [0.5, 0.6) is 11.5 Å². The SMILES string of the molecule is COc1cc(OC)c(NC(=O)C(C)Sc2cccc(NC(=O)/C=C/c3ccccc3)c2)cc1Cl. The van der Waals surface area contributed by atoms with Crippen LogP contribution in [0.3, 0.4) is 0 Å². The Balaban J connectivity index is 1.62. The number of ether oxygens (including phenoxy) is 2. The van der Waals surface area contributed by atoms with Crippen LogP contribution in [-0.2, 0) is 9.59 Å². The molecule has 34 heavy (non-hydrogen) atoms. The number of anilines is 2. The molecule has 6 nitrogen and oxygen atoms in total. The number of hydrogen-bond acceptors (Lipinski definition) is 5. The molecule has 3 aromatic carbocycles. The second-order valence-corrected chi connectivity index (χ2v) is 9.02. The highest BCUT2D eigenvalue weighted by molar-refractivity contribution is 8.00. The van der Waals surface area contributed by atoms with Crippen LogP contribution in [-0.4, -0.2) is 31.3 Å². The topological polar surface area (TPSA) is 76.7 Å². The van der Waals surface area contributed by atoms with Gasteiger partial charge in [0.25, 0.3) is 0 Å². The maximum Gasteiger partial charge on any atom is 0.248 e. The van der Waals surface area contributed by atoms with Crippen molar-refractivity contribution < 1.29 is 19.1 Å². The predicted molar refractivity (Wildman–Crippen MR) is 139 cm³/mol. The number of benzene rings is 3. The predicted octanol–water partition coefficient (Wildman–Crippen LogP) is 6.13. The largest absolute Gasteiger partial charge is 0.495 e. The molecule has 0 heterocycles. The molecule has 0 aliphatic heterocycles. The number of methoxy groups -OCH3 is 2. The highest BCUT2D eigenvalue weighted by Gasteiger charge is 2.18. The molecule has 176 valence electrons. The molecule has 0 fully saturated rings. The molecule has 3 rings (SSSR count). The van der Waals surface area contributed by atoms with E-state index in [4.69, 9.17) is 21.1 Å². The average Bonchev–Trinajstić information content (AvgIpc) is 2.83. The summed E-state index contributed by atoms with van der Waals surface area (Å²) >= 11 is 7.56. The highest BCUT2D eigenvalue weighted by Crippen LogP contribution is 2.36. The molecular weight excluding hydrogens is 472 g/mol. The fraction of sp³-hybridized carbons (Fsp3) is 0.154. The summed E-state index contributed by atoms with van der Waals surface area (Å²) in [5.41, 5.74) is 2.04. The quantitative estimate of drug-likeness (QED) is 0.275. The van der Waals surface area contributed by atoms with Crippen molar-refractivity contribution in [2.75, 3.05) is 24.9 Å². The van der Waals surface area contributed by atoms with Gasteiger partial charge in [-0.25, -0.2) is 0 Å². The molecule has 8 heteroatoms. The Labute approximate surface area is 208 Å². The molecule has 3 aromatic rings. The van der Waals surface area contributed by atoms with Crippen LogP contribution in [0.2, 0.25) is 5.02 Å². The third-order valence-corrected chi connectivity index (χ3v) is 6.13. The normalized spacial score (nSPS) is 11.6. The number of hydrogen-bond donors (Lipinski definition) is 2. The lowest BCUT2D eigenvalue weighted by molar-refractivity contribution is -0.115. The van der Waals surface area contributed by atoms with E-state index in [9.17, 15) is 9.59 Å². The zero-order valence-corrected chi connectivity index (χ0v) is 20.6. The van der Waals surface area contributed by atoms with Crippen LogP contribution >= 0.6 is 23.4 Å². The number of rotatable bonds is 9. The van der Waals surface area contributed by atoms with Gasteiger partial charge < -0.3 is 20.1 Å². The number of thioether (sulfide) groups is 1. The van der Waals surface area contributed by atoms with Crippen LogP contribution in [0.4, 0.5) is 11.4 Å². The summed E-state index contributed by atoms with van der Waals surface area (Å²) in [5.74, 6) is 0.446. The standard InChI is InChI=1S/C26H25ClN2O4S/c1-17(26(31)29-22-15-21(27)23(32-2)16-24(22)33-3)34-20-11-7-10-19(14-20)28-25(30)13-12-18-8-5-4-6-9-18/h4-17H,1-3H3,(H,28,30)(H,29,31)/b13-12+. The zero-order valence-electron chi connectivity index (χ0n) is 19.0. The van der Waals surface area contributed by atoms with E-state index in [2.05, 4.69) is 10.6 Å². The van der Waals surface area contributed by atoms with Crippen LogP contribution < -0.4 is 20.1 Å². The minimum absolute atomic E-state index is 0.218.